The van der Waals surface area contributed by atoms with Crippen molar-refractivity contribution in [1.82, 2.24) is 0 Å². The maximum absolute atomic E-state index is 11.3. The molecule has 0 bridgehead atoms. The van der Waals surface area contributed by atoms with Crippen molar-refractivity contribution in [3.05, 3.63) is 23.3 Å². The molecule has 0 aliphatic rings. The van der Waals surface area contributed by atoms with Gasteiger partial charge in [-0.1, -0.05) is 0 Å². The highest BCUT2D eigenvalue weighted by molar-refractivity contribution is 5.97. The molecule has 1 N–H and O–H groups in total. The van der Waals surface area contributed by atoms with Crippen LogP contribution >= 0.6 is 0 Å². The third-order valence-electron chi connectivity index (χ3n) is 2.34. The SMILES string of the molecule is COC(=O)C(C#N)=Cc1cc(OC)c(O)c(OC)c1. The molecule has 6 nitrogen and oxygen atoms in total. The predicted molar refractivity (Wildman–Crippen MR) is 66.8 cm³/mol. The largest absolute Gasteiger partial charge is 0.502 e. The summed E-state index contributed by atoms with van der Waals surface area (Å²) in [5.41, 5.74) is 0.297. The molecule has 0 aromatic heterocycles. The molecule has 0 fully saturated rings. The molecule has 0 radical (unpaired) electrons. The third-order valence-corrected chi connectivity index (χ3v) is 2.34. The minimum absolute atomic E-state index is 0.154. The van der Waals surface area contributed by atoms with E-state index in [-0.39, 0.29) is 22.8 Å². The van der Waals surface area contributed by atoms with Gasteiger partial charge in [0.1, 0.15) is 11.6 Å². The zero-order chi connectivity index (χ0) is 14.4. The number of esters is 1. The molecule has 19 heavy (non-hydrogen) atoms. The second kappa shape index (κ2) is 6.31. The van der Waals surface area contributed by atoms with E-state index in [4.69, 9.17) is 14.7 Å². The molecule has 1 aromatic rings. The van der Waals surface area contributed by atoms with Crippen LogP contribution in [-0.4, -0.2) is 32.4 Å². The molecule has 0 aliphatic carbocycles. The first-order valence-corrected chi connectivity index (χ1v) is 5.22. The lowest BCUT2D eigenvalue weighted by Gasteiger charge is -2.09. The van der Waals surface area contributed by atoms with Crippen LogP contribution in [0.15, 0.2) is 17.7 Å². The van der Waals surface area contributed by atoms with Crippen LogP contribution in [-0.2, 0) is 9.53 Å². The fraction of sp³-hybridized carbons (Fsp3) is 0.231. The Morgan fingerprint density at radius 2 is 1.79 bits per heavy atom. The van der Waals surface area contributed by atoms with Crippen LogP contribution in [0.1, 0.15) is 5.56 Å². The van der Waals surface area contributed by atoms with Crippen molar-refractivity contribution >= 4 is 12.0 Å². The van der Waals surface area contributed by atoms with Gasteiger partial charge in [-0.05, 0) is 23.8 Å². The first-order valence-electron chi connectivity index (χ1n) is 5.22. The first-order chi connectivity index (χ1) is 9.07. The second-order valence-electron chi connectivity index (χ2n) is 3.44. The van der Waals surface area contributed by atoms with E-state index in [1.54, 1.807) is 6.07 Å². The van der Waals surface area contributed by atoms with Gasteiger partial charge in [0.2, 0.25) is 5.75 Å². The number of nitriles is 1. The minimum Gasteiger partial charge on any atom is -0.502 e. The van der Waals surface area contributed by atoms with Crippen LogP contribution < -0.4 is 9.47 Å². The average molecular weight is 263 g/mol. The molecule has 0 heterocycles. The summed E-state index contributed by atoms with van der Waals surface area (Å²) in [6.45, 7) is 0. The van der Waals surface area contributed by atoms with Gasteiger partial charge in [-0.25, -0.2) is 4.79 Å². The minimum atomic E-state index is -0.742. The summed E-state index contributed by atoms with van der Waals surface area (Å²) in [4.78, 5) is 11.3. The van der Waals surface area contributed by atoms with Crippen LogP contribution in [0.4, 0.5) is 0 Å². The predicted octanol–water partition coefficient (Wildman–Crippen LogP) is 1.49. The van der Waals surface area contributed by atoms with Crippen molar-refractivity contribution in [2.75, 3.05) is 21.3 Å². The summed E-state index contributed by atoms with van der Waals surface area (Å²) >= 11 is 0. The monoisotopic (exact) mass is 263 g/mol. The van der Waals surface area contributed by atoms with E-state index in [0.717, 1.165) is 0 Å². The summed E-state index contributed by atoms with van der Waals surface area (Å²) in [5.74, 6) is -0.548. The Hall–Kier alpha value is -2.68. The molecule has 6 heteroatoms. The smallest absolute Gasteiger partial charge is 0.348 e. The first kappa shape index (κ1) is 14.4. The lowest BCUT2D eigenvalue weighted by molar-refractivity contribution is -0.135. The van der Waals surface area contributed by atoms with E-state index in [0.29, 0.717) is 5.56 Å². The van der Waals surface area contributed by atoms with Crippen molar-refractivity contribution < 1.29 is 24.1 Å². The highest BCUT2D eigenvalue weighted by Gasteiger charge is 2.13. The van der Waals surface area contributed by atoms with Gasteiger partial charge in [0, 0.05) is 0 Å². The number of methoxy groups -OCH3 is 3. The lowest BCUT2D eigenvalue weighted by Crippen LogP contribution is -2.02. The Morgan fingerprint density at radius 3 is 2.16 bits per heavy atom. The number of nitrogens with zero attached hydrogens (tertiary/aromatic N) is 1. The van der Waals surface area contributed by atoms with E-state index >= 15 is 0 Å². The number of carbonyl (C=O) groups is 1. The van der Waals surface area contributed by atoms with Crippen LogP contribution in [0.5, 0.6) is 17.2 Å². The number of ether oxygens (including phenoxy) is 3. The van der Waals surface area contributed by atoms with Crippen LogP contribution in [0, 0.1) is 11.3 Å². The number of hydrogen-bond acceptors (Lipinski definition) is 6. The summed E-state index contributed by atoms with van der Waals surface area (Å²) in [7, 11) is 3.95. The zero-order valence-corrected chi connectivity index (χ0v) is 10.8. The number of phenolic OH excluding ortho intramolecular Hbond substituents is 1. The molecule has 0 atom stereocenters. The number of phenols is 1. The quantitative estimate of drug-likeness (QED) is 0.503. The molecule has 0 aliphatic heterocycles. The summed E-state index contributed by atoms with van der Waals surface area (Å²) in [6, 6.07) is 4.67. The summed E-state index contributed by atoms with van der Waals surface area (Å²) < 4.78 is 14.4. The van der Waals surface area contributed by atoms with Gasteiger partial charge < -0.3 is 19.3 Å². The maximum atomic E-state index is 11.3. The Labute approximate surface area is 110 Å². The Balaban J connectivity index is 3.32. The number of hydrogen-bond donors (Lipinski definition) is 1. The van der Waals surface area contributed by atoms with Gasteiger partial charge in [0.05, 0.1) is 21.3 Å². The van der Waals surface area contributed by atoms with Crippen molar-refractivity contribution in [2.24, 2.45) is 0 Å². The zero-order valence-electron chi connectivity index (χ0n) is 10.8. The Morgan fingerprint density at radius 1 is 1.26 bits per heavy atom. The summed E-state index contributed by atoms with van der Waals surface area (Å²) in [6.07, 6.45) is 1.32. The molecule has 0 unspecified atom stereocenters. The van der Waals surface area contributed by atoms with Gasteiger partial charge >= 0.3 is 5.97 Å². The van der Waals surface area contributed by atoms with Gasteiger partial charge in [0.15, 0.2) is 11.5 Å². The van der Waals surface area contributed by atoms with Crippen molar-refractivity contribution in [3.8, 4) is 23.3 Å². The van der Waals surface area contributed by atoms with Crippen LogP contribution in [0.2, 0.25) is 0 Å². The second-order valence-corrected chi connectivity index (χ2v) is 3.44. The van der Waals surface area contributed by atoms with Gasteiger partial charge in [-0.2, -0.15) is 5.26 Å². The maximum Gasteiger partial charge on any atom is 0.348 e. The fourth-order valence-electron chi connectivity index (χ4n) is 1.41. The van der Waals surface area contributed by atoms with Gasteiger partial charge in [0.25, 0.3) is 0 Å². The molecule has 1 aromatic carbocycles. The van der Waals surface area contributed by atoms with E-state index in [2.05, 4.69) is 4.74 Å². The number of carbonyl (C=O) groups excluding carboxylic acids is 1. The number of aromatic hydroxyl groups is 1. The topological polar surface area (TPSA) is 88.8 Å². The van der Waals surface area contributed by atoms with Crippen molar-refractivity contribution in [1.29, 1.82) is 5.26 Å². The third kappa shape index (κ3) is 3.16. The van der Waals surface area contributed by atoms with E-state index < -0.39 is 5.97 Å². The molecule has 100 valence electrons. The van der Waals surface area contributed by atoms with E-state index in [1.165, 1.54) is 39.5 Å². The highest BCUT2D eigenvalue weighted by Crippen LogP contribution is 2.37. The lowest BCUT2D eigenvalue weighted by atomic mass is 10.1. The highest BCUT2D eigenvalue weighted by atomic mass is 16.5. The number of rotatable bonds is 4. The molecule has 1 rings (SSSR count). The van der Waals surface area contributed by atoms with Crippen LogP contribution in [0.25, 0.3) is 6.08 Å². The molecule has 0 saturated heterocycles. The Kier molecular flexibility index (Phi) is 4.77. The fourth-order valence-corrected chi connectivity index (χ4v) is 1.41. The normalized spacial score (nSPS) is 10.5. The number of benzene rings is 1. The molecular formula is C13H13NO5. The molecule has 0 saturated carbocycles. The Bertz CT molecular complexity index is 532. The molecular weight excluding hydrogens is 250 g/mol. The van der Waals surface area contributed by atoms with Gasteiger partial charge in [-0.3, -0.25) is 0 Å². The van der Waals surface area contributed by atoms with Gasteiger partial charge in [-0.15, -0.1) is 0 Å². The van der Waals surface area contributed by atoms with Crippen molar-refractivity contribution in [2.45, 2.75) is 0 Å². The van der Waals surface area contributed by atoms with Crippen LogP contribution in [0.3, 0.4) is 0 Å². The van der Waals surface area contributed by atoms with Crippen molar-refractivity contribution in [3.63, 3.8) is 0 Å². The van der Waals surface area contributed by atoms with E-state index in [1.807, 2.05) is 0 Å². The average Bonchev–Trinajstić information content (AvgIpc) is 2.45. The molecule has 0 amide bonds. The van der Waals surface area contributed by atoms with E-state index in [9.17, 15) is 9.90 Å². The summed E-state index contributed by atoms with van der Waals surface area (Å²) in [5, 5.41) is 18.6. The molecule has 0 spiro atoms. The standard InChI is InChI=1S/C13H13NO5/c1-17-10-5-8(6-11(18-2)12(10)15)4-9(7-14)13(16)19-3/h4-6,15H,1-3H3.